The van der Waals surface area contributed by atoms with E-state index in [1.54, 1.807) is 55.5 Å². The maximum Gasteiger partial charge on any atom is 0.279 e. The molecule has 0 heterocycles. The summed E-state index contributed by atoms with van der Waals surface area (Å²) in [5, 5.41) is 2.65. The van der Waals surface area contributed by atoms with Crippen molar-refractivity contribution in [2.45, 2.75) is 33.3 Å². The number of anilines is 1. The lowest BCUT2D eigenvalue weighted by molar-refractivity contribution is -0.132. The highest BCUT2D eigenvalue weighted by molar-refractivity contribution is 5.89. The predicted molar refractivity (Wildman–Crippen MR) is 108 cm³/mol. The summed E-state index contributed by atoms with van der Waals surface area (Å²) >= 11 is 0. The smallest absolute Gasteiger partial charge is 0.279 e. The Bertz CT molecular complexity index is 834. The normalized spacial score (nSPS) is 11.1. The number of carbonyl (C=O) groups is 3. The Hall–Kier alpha value is -3.55. The molecule has 0 spiro atoms. The predicted octanol–water partition coefficient (Wildman–Crippen LogP) is 2.20. The van der Waals surface area contributed by atoms with Crippen LogP contribution < -0.4 is 25.6 Å². The summed E-state index contributed by atoms with van der Waals surface area (Å²) < 4.78 is 10.9. The van der Waals surface area contributed by atoms with Crippen LogP contribution in [0.5, 0.6) is 11.5 Å². The lowest BCUT2D eigenvalue weighted by Gasteiger charge is -2.15. The van der Waals surface area contributed by atoms with Crippen molar-refractivity contribution < 1.29 is 23.9 Å². The molecule has 2 aromatic rings. The second-order valence-electron chi connectivity index (χ2n) is 6.26. The maximum atomic E-state index is 12.1. The molecule has 0 unspecified atom stereocenters. The standard InChI is InChI=1S/C21H25N3O5/c1-4-28-18-9-11-19(12-10-18)29-14(2)21(27)24-23-20(26)13-16-5-7-17(8-6-16)22-15(3)25/h5-12,14H,4,13H2,1-3H3,(H,22,25)(H,23,26)(H,24,27)/t14-/m1/s1. The van der Waals surface area contributed by atoms with Gasteiger partial charge in [0.2, 0.25) is 11.8 Å². The molecule has 0 aliphatic heterocycles. The van der Waals surface area contributed by atoms with E-state index in [-0.39, 0.29) is 18.2 Å². The van der Waals surface area contributed by atoms with Crippen molar-refractivity contribution in [2.75, 3.05) is 11.9 Å². The molecule has 2 rings (SSSR count). The number of benzene rings is 2. The minimum absolute atomic E-state index is 0.0781. The molecule has 29 heavy (non-hydrogen) atoms. The number of carbonyl (C=O) groups excluding carboxylic acids is 3. The second-order valence-corrected chi connectivity index (χ2v) is 6.26. The van der Waals surface area contributed by atoms with E-state index in [9.17, 15) is 14.4 Å². The Morgan fingerprint density at radius 3 is 2.14 bits per heavy atom. The van der Waals surface area contributed by atoms with Crippen LogP contribution in [0.4, 0.5) is 5.69 Å². The first-order valence-corrected chi connectivity index (χ1v) is 9.22. The Morgan fingerprint density at radius 2 is 1.55 bits per heavy atom. The van der Waals surface area contributed by atoms with Gasteiger partial charge >= 0.3 is 0 Å². The van der Waals surface area contributed by atoms with Gasteiger partial charge in [-0.15, -0.1) is 0 Å². The first kappa shape index (κ1) is 21.7. The van der Waals surface area contributed by atoms with Gasteiger partial charge in [0.25, 0.3) is 5.91 Å². The minimum atomic E-state index is -0.801. The maximum absolute atomic E-state index is 12.1. The molecule has 0 aliphatic rings. The van der Waals surface area contributed by atoms with Crippen LogP contribution in [-0.2, 0) is 20.8 Å². The van der Waals surface area contributed by atoms with Crippen LogP contribution in [0, 0.1) is 0 Å². The van der Waals surface area contributed by atoms with Crippen LogP contribution >= 0.6 is 0 Å². The Balaban J connectivity index is 1.76. The van der Waals surface area contributed by atoms with Crippen LogP contribution in [0.3, 0.4) is 0 Å². The number of nitrogens with one attached hydrogen (secondary N) is 3. The van der Waals surface area contributed by atoms with Gasteiger partial charge in [-0.05, 0) is 55.8 Å². The van der Waals surface area contributed by atoms with Gasteiger partial charge in [-0.2, -0.15) is 0 Å². The Kier molecular flexibility index (Phi) is 8.02. The van der Waals surface area contributed by atoms with E-state index < -0.39 is 12.0 Å². The number of rotatable bonds is 8. The van der Waals surface area contributed by atoms with Gasteiger partial charge in [0, 0.05) is 12.6 Å². The van der Waals surface area contributed by atoms with Crippen molar-refractivity contribution in [2.24, 2.45) is 0 Å². The molecular weight excluding hydrogens is 374 g/mol. The van der Waals surface area contributed by atoms with Crippen LogP contribution in [0.2, 0.25) is 0 Å². The molecule has 0 bridgehead atoms. The molecule has 0 aliphatic carbocycles. The van der Waals surface area contributed by atoms with Crippen LogP contribution in [0.25, 0.3) is 0 Å². The van der Waals surface area contributed by atoms with E-state index in [2.05, 4.69) is 16.2 Å². The third kappa shape index (κ3) is 7.53. The first-order valence-electron chi connectivity index (χ1n) is 9.22. The summed E-state index contributed by atoms with van der Waals surface area (Å²) in [5.74, 6) is 0.211. The number of hydrazine groups is 1. The van der Waals surface area contributed by atoms with E-state index in [4.69, 9.17) is 9.47 Å². The van der Waals surface area contributed by atoms with Crippen molar-refractivity contribution >= 4 is 23.4 Å². The van der Waals surface area contributed by atoms with E-state index in [1.165, 1.54) is 6.92 Å². The monoisotopic (exact) mass is 399 g/mol. The summed E-state index contributed by atoms with van der Waals surface area (Å²) in [6.07, 6.45) is -0.723. The Labute approximate surface area is 169 Å². The van der Waals surface area contributed by atoms with Crippen molar-refractivity contribution in [3.63, 3.8) is 0 Å². The molecule has 3 N–H and O–H groups in total. The molecule has 0 radical (unpaired) electrons. The fraction of sp³-hybridized carbons (Fsp3) is 0.286. The molecule has 0 saturated heterocycles. The summed E-state index contributed by atoms with van der Waals surface area (Å²) in [4.78, 5) is 35.1. The average molecular weight is 399 g/mol. The van der Waals surface area contributed by atoms with Crippen molar-refractivity contribution in [1.29, 1.82) is 0 Å². The molecule has 0 fully saturated rings. The van der Waals surface area contributed by atoms with Gasteiger partial charge in [-0.3, -0.25) is 25.2 Å². The molecule has 8 nitrogen and oxygen atoms in total. The SMILES string of the molecule is CCOc1ccc(O[C@H](C)C(=O)NNC(=O)Cc2ccc(NC(C)=O)cc2)cc1. The van der Waals surface area contributed by atoms with Crippen LogP contribution in [0.1, 0.15) is 26.3 Å². The molecule has 3 amide bonds. The molecule has 154 valence electrons. The van der Waals surface area contributed by atoms with E-state index >= 15 is 0 Å². The molecule has 8 heteroatoms. The number of amides is 3. The number of ether oxygens (including phenoxy) is 2. The van der Waals surface area contributed by atoms with E-state index in [1.807, 2.05) is 6.92 Å². The molecule has 2 aromatic carbocycles. The topological polar surface area (TPSA) is 106 Å². The van der Waals surface area contributed by atoms with Gasteiger partial charge in [0.1, 0.15) is 11.5 Å². The average Bonchev–Trinajstić information content (AvgIpc) is 2.69. The van der Waals surface area contributed by atoms with Crippen LogP contribution in [-0.4, -0.2) is 30.4 Å². The third-order valence-corrected chi connectivity index (χ3v) is 3.78. The van der Waals surface area contributed by atoms with Crippen molar-refractivity contribution in [1.82, 2.24) is 10.9 Å². The summed E-state index contributed by atoms with van der Waals surface area (Å²) in [6.45, 7) is 5.47. The lowest BCUT2D eigenvalue weighted by Crippen LogP contribution is -2.47. The molecule has 0 saturated carbocycles. The quantitative estimate of drug-likeness (QED) is 0.590. The zero-order valence-corrected chi connectivity index (χ0v) is 16.7. The third-order valence-electron chi connectivity index (χ3n) is 3.78. The van der Waals surface area contributed by atoms with E-state index in [0.717, 1.165) is 5.56 Å². The zero-order valence-electron chi connectivity index (χ0n) is 16.7. The van der Waals surface area contributed by atoms with Gasteiger partial charge in [-0.25, -0.2) is 0 Å². The summed E-state index contributed by atoms with van der Waals surface area (Å²) in [6, 6.07) is 13.8. The highest BCUT2D eigenvalue weighted by atomic mass is 16.5. The largest absolute Gasteiger partial charge is 0.494 e. The van der Waals surface area contributed by atoms with E-state index in [0.29, 0.717) is 23.8 Å². The van der Waals surface area contributed by atoms with Gasteiger partial charge < -0.3 is 14.8 Å². The number of hydrogen-bond donors (Lipinski definition) is 3. The highest BCUT2D eigenvalue weighted by Crippen LogP contribution is 2.18. The minimum Gasteiger partial charge on any atom is -0.494 e. The Morgan fingerprint density at radius 1 is 0.931 bits per heavy atom. The fourth-order valence-electron chi connectivity index (χ4n) is 2.41. The highest BCUT2D eigenvalue weighted by Gasteiger charge is 2.15. The summed E-state index contributed by atoms with van der Waals surface area (Å²) in [5.41, 5.74) is 6.10. The van der Waals surface area contributed by atoms with Gasteiger partial charge in [0.15, 0.2) is 6.10 Å². The fourth-order valence-corrected chi connectivity index (χ4v) is 2.41. The first-order chi connectivity index (χ1) is 13.9. The number of hydrogen-bond acceptors (Lipinski definition) is 5. The molecular formula is C21H25N3O5. The molecule has 1 atom stereocenters. The van der Waals surface area contributed by atoms with Crippen molar-refractivity contribution in [3.8, 4) is 11.5 Å². The molecule has 0 aromatic heterocycles. The second kappa shape index (κ2) is 10.7. The lowest BCUT2D eigenvalue weighted by atomic mass is 10.1. The summed E-state index contributed by atoms with van der Waals surface area (Å²) in [7, 11) is 0. The van der Waals surface area contributed by atoms with Gasteiger partial charge in [0.05, 0.1) is 13.0 Å². The van der Waals surface area contributed by atoms with Crippen molar-refractivity contribution in [3.05, 3.63) is 54.1 Å². The van der Waals surface area contributed by atoms with Crippen LogP contribution in [0.15, 0.2) is 48.5 Å². The zero-order chi connectivity index (χ0) is 21.2. The van der Waals surface area contributed by atoms with Gasteiger partial charge in [-0.1, -0.05) is 12.1 Å².